The van der Waals surface area contributed by atoms with Gasteiger partial charge in [0, 0.05) is 33.4 Å². The lowest BCUT2D eigenvalue weighted by Crippen LogP contribution is -2.36. The van der Waals surface area contributed by atoms with Gasteiger partial charge in [-0.15, -0.1) is 0 Å². The van der Waals surface area contributed by atoms with E-state index in [4.69, 9.17) is 9.47 Å². The van der Waals surface area contributed by atoms with Gasteiger partial charge in [0.05, 0.1) is 13.2 Å². The Labute approximate surface area is 104 Å². The Hall–Kier alpha value is -0.650. The fourth-order valence-electron chi connectivity index (χ4n) is 1.13. The Morgan fingerprint density at radius 1 is 1.24 bits per heavy atom. The van der Waals surface area contributed by atoms with E-state index in [1.54, 1.807) is 7.11 Å². The first-order valence-electron chi connectivity index (χ1n) is 6.21. The number of rotatable bonds is 11. The van der Waals surface area contributed by atoms with Gasteiger partial charge in [-0.3, -0.25) is 4.79 Å². The molecule has 5 heteroatoms. The van der Waals surface area contributed by atoms with Crippen molar-refractivity contribution in [3.8, 4) is 0 Å². The van der Waals surface area contributed by atoms with Gasteiger partial charge < -0.3 is 20.1 Å². The first kappa shape index (κ1) is 16.4. The molecule has 0 radical (unpaired) electrons. The number of hydrogen-bond donors (Lipinski definition) is 2. The SMILES string of the molecule is COCCCOCCNCC(=O)NCC(C)C. The summed E-state index contributed by atoms with van der Waals surface area (Å²) in [6, 6.07) is 0. The first-order valence-corrected chi connectivity index (χ1v) is 6.21. The zero-order chi connectivity index (χ0) is 12.9. The van der Waals surface area contributed by atoms with Gasteiger partial charge in [0.15, 0.2) is 0 Å². The van der Waals surface area contributed by atoms with Crippen LogP contribution in [0.3, 0.4) is 0 Å². The van der Waals surface area contributed by atoms with Gasteiger partial charge in [-0.1, -0.05) is 13.8 Å². The van der Waals surface area contributed by atoms with E-state index in [0.29, 0.717) is 32.2 Å². The van der Waals surface area contributed by atoms with Gasteiger partial charge in [-0.25, -0.2) is 0 Å². The summed E-state index contributed by atoms with van der Waals surface area (Å²) in [4.78, 5) is 11.3. The van der Waals surface area contributed by atoms with Crippen molar-refractivity contribution in [3.63, 3.8) is 0 Å². The van der Waals surface area contributed by atoms with E-state index in [2.05, 4.69) is 24.5 Å². The predicted octanol–water partition coefficient (Wildman–Crippen LogP) is 0.401. The van der Waals surface area contributed by atoms with E-state index < -0.39 is 0 Å². The highest BCUT2D eigenvalue weighted by molar-refractivity contribution is 5.77. The van der Waals surface area contributed by atoms with Crippen LogP contribution in [0.25, 0.3) is 0 Å². The molecule has 5 nitrogen and oxygen atoms in total. The second kappa shape index (κ2) is 11.8. The maximum absolute atomic E-state index is 11.3. The van der Waals surface area contributed by atoms with E-state index in [9.17, 15) is 4.79 Å². The molecule has 0 heterocycles. The number of ether oxygens (including phenoxy) is 2. The van der Waals surface area contributed by atoms with Gasteiger partial charge in [0.1, 0.15) is 0 Å². The van der Waals surface area contributed by atoms with Crippen LogP contribution < -0.4 is 10.6 Å². The van der Waals surface area contributed by atoms with Crippen LogP contribution in [0.15, 0.2) is 0 Å². The summed E-state index contributed by atoms with van der Waals surface area (Å²) >= 11 is 0. The summed E-state index contributed by atoms with van der Waals surface area (Å²) in [5, 5.41) is 5.87. The zero-order valence-corrected chi connectivity index (χ0v) is 11.3. The molecule has 0 atom stereocenters. The van der Waals surface area contributed by atoms with Crippen molar-refractivity contribution < 1.29 is 14.3 Å². The minimum Gasteiger partial charge on any atom is -0.385 e. The highest BCUT2D eigenvalue weighted by Crippen LogP contribution is 1.86. The molecule has 0 saturated carbocycles. The molecule has 0 saturated heterocycles. The molecule has 0 aliphatic carbocycles. The van der Waals surface area contributed by atoms with E-state index in [-0.39, 0.29) is 5.91 Å². The molecule has 17 heavy (non-hydrogen) atoms. The lowest BCUT2D eigenvalue weighted by atomic mass is 10.2. The van der Waals surface area contributed by atoms with E-state index in [1.807, 2.05) is 0 Å². The highest BCUT2D eigenvalue weighted by Gasteiger charge is 2.00. The van der Waals surface area contributed by atoms with Gasteiger partial charge in [-0.05, 0) is 12.3 Å². The molecular formula is C12H26N2O3. The highest BCUT2D eigenvalue weighted by atomic mass is 16.5. The zero-order valence-electron chi connectivity index (χ0n) is 11.3. The largest absolute Gasteiger partial charge is 0.385 e. The van der Waals surface area contributed by atoms with Crippen LogP contribution >= 0.6 is 0 Å². The minimum atomic E-state index is 0.0399. The van der Waals surface area contributed by atoms with Crippen LogP contribution in [0.4, 0.5) is 0 Å². The molecule has 0 aromatic rings. The minimum absolute atomic E-state index is 0.0399. The summed E-state index contributed by atoms with van der Waals surface area (Å²) in [5.74, 6) is 0.529. The Morgan fingerprint density at radius 2 is 2.00 bits per heavy atom. The number of nitrogens with one attached hydrogen (secondary N) is 2. The lowest BCUT2D eigenvalue weighted by Gasteiger charge is -2.08. The smallest absolute Gasteiger partial charge is 0.233 e. The third-order valence-electron chi connectivity index (χ3n) is 2.05. The molecule has 0 aliphatic rings. The van der Waals surface area contributed by atoms with Crippen molar-refractivity contribution in [3.05, 3.63) is 0 Å². The topological polar surface area (TPSA) is 59.6 Å². The molecule has 102 valence electrons. The van der Waals surface area contributed by atoms with E-state index in [0.717, 1.165) is 19.6 Å². The van der Waals surface area contributed by atoms with Gasteiger partial charge in [-0.2, -0.15) is 0 Å². The molecule has 0 aromatic carbocycles. The fraction of sp³-hybridized carbons (Fsp3) is 0.917. The monoisotopic (exact) mass is 246 g/mol. The normalized spacial score (nSPS) is 10.8. The Kier molecular flexibility index (Phi) is 11.4. The number of amides is 1. The maximum atomic E-state index is 11.3. The van der Waals surface area contributed by atoms with Crippen LogP contribution in [-0.2, 0) is 14.3 Å². The summed E-state index contributed by atoms with van der Waals surface area (Å²) in [5.41, 5.74) is 0. The third-order valence-corrected chi connectivity index (χ3v) is 2.05. The van der Waals surface area contributed by atoms with Crippen molar-refractivity contribution >= 4 is 5.91 Å². The fourth-order valence-corrected chi connectivity index (χ4v) is 1.13. The van der Waals surface area contributed by atoms with Crippen LogP contribution in [0.1, 0.15) is 20.3 Å². The molecule has 0 unspecified atom stereocenters. The number of carbonyl (C=O) groups excluding carboxylic acids is 1. The Bertz CT molecular complexity index is 187. The molecule has 0 spiro atoms. The van der Waals surface area contributed by atoms with Crippen molar-refractivity contribution in [2.24, 2.45) is 5.92 Å². The molecule has 0 aromatic heterocycles. The second-order valence-electron chi connectivity index (χ2n) is 4.33. The first-order chi connectivity index (χ1) is 8.16. The van der Waals surface area contributed by atoms with Crippen molar-refractivity contribution in [1.29, 1.82) is 0 Å². The average molecular weight is 246 g/mol. The van der Waals surface area contributed by atoms with Gasteiger partial charge in [0.2, 0.25) is 5.91 Å². The van der Waals surface area contributed by atoms with Crippen LogP contribution in [0.5, 0.6) is 0 Å². The Morgan fingerprint density at radius 3 is 2.65 bits per heavy atom. The molecule has 1 amide bonds. The number of hydrogen-bond acceptors (Lipinski definition) is 4. The molecule has 0 bridgehead atoms. The molecule has 0 aliphatic heterocycles. The lowest BCUT2D eigenvalue weighted by molar-refractivity contribution is -0.120. The second-order valence-corrected chi connectivity index (χ2v) is 4.33. The summed E-state index contributed by atoms with van der Waals surface area (Å²) < 4.78 is 10.2. The average Bonchev–Trinajstić information content (AvgIpc) is 2.30. The molecule has 2 N–H and O–H groups in total. The van der Waals surface area contributed by atoms with Crippen LogP contribution in [0.2, 0.25) is 0 Å². The molecular weight excluding hydrogens is 220 g/mol. The molecule has 0 fully saturated rings. The predicted molar refractivity (Wildman–Crippen MR) is 68.0 cm³/mol. The van der Waals surface area contributed by atoms with Crippen LogP contribution in [-0.4, -0.2) is 52.5 Å². The number of carbonyl (C=O) groups is 1. The molecule has 0 rings (SSSR count). The quantitative estimate of drug-likeness (QED) is 0.518. The van der Waals surface area contributed by atoms with Crippen molar-refractivity contribution in [1.82, 2.24) is 10.6 Å². The van der Waals surface area contributed by atoms with Gasteiger partial charge >= 0.3 is 0 Å². The Balaban J connectivity index is 3.14. The standard InChI is InChI=1S/C12H26N2O3/c1-11(2)9-14-12(15)10-13-5-8-17-7-4-6-16-3/h11,13H,4-10H2,1-3H3,(H,14,15). The van der Waals surface area contributed by atoms with E-state index in [1.165, 1.54) is 0 Å². The third kappa shape index (κ3) is 13.3. The summed E-state index contributed by atoms with van der Waals surface area (Å²) in [6.45, 7) is 7.98. The van der Waals surface area contributed by atoms with Crippen molar-refractivity contribution in [2.75, 3.05) is 46.6 Å². The maximum Gasteiger partial charge on any atom is 0.233 e. The van der Waals surface area contributed by atoms with Crippen LogP contribution in [0, 0.1) is 5.92 Å². The number of methoxy groups -OCH3 is 1. The van der Waals surface area contributed by atoms with Gasteiger partial charge in [0.25, 0.3) is 0 Å². The van der Waals surface area contributed by atoms with Crippen molar-refractivity contribution in [2.45, 2.75) is 20.3 Å². The van der Waals surface area contributed by atoms with E-state index >= 15 is 0 Å². The summed E-state index contributed by atoms with van der Waals surface area (Å²) in [6.07, 6.45) is 0.908. The summed E-state index contributed by atoms with van der Waals surface area (Å²) in [7, 11) is 1.68.